The first kappa shape index (κ1) is 14.5. The molecule has 6 heteroatoms. The molecule has 0 bridgehead atoms. The van der Waals surface area contributed by atoms with E-state index in [-0.39, 0.29) is 24.9 Å². The van der Waals surface area contributed by atoms with Crippen LogP contribution in [0.1, 0.15) is 32.6 Å². The highest BCUT2D eigenvalue weighted by molar-refractivity contribution is 6.01. The zero-order valence-electron chi connectivity index (χ0n) is 12.0. The van der Waals surface area contributed by atoms with Gasteiger partial charge < -0.3 is 20.3 Å². The molecule has 1 amide bonds. The number of rotatable bonds is 4. The highest BCUT2D eigenvalue weighted by Crippen LogP contribution is 2.53. The molecule has 6 nitrogen and oxygen atoms in total. The third-order valence-electron chi connectivity index (χ3n) is 5.27. The summed E-state index contributed by atoms with van der Waals surface area (Å²) >= 11 is 0. The summed E-state index contributed by atoms with van der Waals surface area (Å²) in [6.07, 6.45) is 5.82. The van der Waals surface area contributed by atoms with Gasteiger partial charge in [-0.3, -0.25) is 4.79 Å². The maximum atomic E-state index is 12.2. The Morgan fingerprint density at radius 1 is 1.52 bits per heavy atom. The number of hydrogen-bond donors (Lipinski definition) is 3. The Morgan fingerprint density at radius 2 is 2.29 bits per heavy atom. The second-order valence-electron chi connectivity index (χ2n) is 6.33. The van der Waals surface area contributed by atoms with Crippen LogP contribution < -0.4 is 5.32 Å². The van der Waals surface area contributed by atoms with Crippen LogP contribution in [-0.4, -0.2) is 45.9 Å². The topological polar surface area (TPSA) is 95.9 Å². The van der Waals surface area contributed by atoms with Crippen molar-refractivity contribution < 1.29 is 24.5 Å². The molecule has 0 aromatic rings. The molecule has 5 atom stereocenters. The van der Waals surface area contributed by atoms with Crippen LogP contribution in [0.15, 0.2) is 12.2 Å². The van der Waals surface area contributed by atoms with Gasteiger partial charge in [-0.25, -0.2) is 4.79 Å². The van der Waals surface area contributed by atoms with E-state index >= 15 is 0 Å². The summed E-state index contributed by atoms with van der Waals surface area (Å²) < 4.78 is 5.28. The molecule has 2 fully saturated rings. The lowest BCUT2D eigenvalue weighted by molar-refractivity contribution is -0.238. The third kappa shape index (κ3) is 1.72. The molecule has 3 aliphatic rings. The van der Waals surface area contributed by atoms with E-state index in [4.69, 9.17) is 9.84 Å². The van der Waals surface area contributed by atoms with Crippen molar-refractivity contribution in [3.8, 4) is 0 Å². The minimum Gasteiger partial charge on any atom is -0.453 e. The van der Waals surface area contributed by atoms with E-state index in [1.807, 2.05) is 12.2 Å². The monoisotopic (exact) mass is 295 g/mol. The number of aliphatic hydroxyl groups is 2. The van der Waals surface area contributed by atoms with Crippen LogP contribution in [0.4, 0.5) is 0 Å². The summed E-state index contributed by atoms with van der Waals surface area (Å²) in [6.45, 7) is 1.50. The lowest BCUT2D eigenvalue weighted by atomic mass is 9.64. The van der Waals surface area contributed by atoms with Gasteiger partial charge in [0.2, 0.25) is 11.4 Å². The molecule has 0 aromatic heterocycles. The van der Waals surface area contributed by atoms with Gasteiger partial charge in [-0.05, 0) is 32.6 Å². The number of esters is 1. The highest BCUT2D eigenvalue weighted by atomic mass is 16.6. The van der Waals surface area contributed by atoms with Gasteiger partial charge in [0.05, 0.1) is 12.0 Å². The number of fused-ring (bicyclic) bond motifs is 1. The van der Waals surface area contributed by atoms with Crippen LogP contribution >= 0.6 is 0 Å². The summed E-state index contributed by atoms with van der Waals surface area (Å²) in [5.74, 6) is -1.71. The summed E-state index contributed by atoms with van der Waals surface area (Å²) in [7, 11) is 0. The Bertz CT molecular complexity index is 504. The van der Waals surface area contributed by atoms with Crippen molar-refractivity contribution in [3.05, 3.63) is 12.2 Å². The summed E-state index contributed by atoms with van der Waals surface area (Å²) in [5.41, 5.74) is -2.47. The molecular weight excluding hydrogens is 274 g/mol. The fraction of sp³-hybridized carbons (Fsp3) is 0.733. The van der Waals surface area contributed by atoms with Crippen LogP contribution in [0.3, 0.4) is 0 Å². The number of aliphatic hydroxyl groups excluding tert-OH is 2. The van der Waals surface area contributed by atoms with E-state index in [9.17, 15) is 14.7 Å². The zero-order chi connectivity index (χ0) is 15.3. The van der Waals surface area contributed by atoms with E-state index in [2.05, 4.69) is 5.32 Å². The quantitative estimate of drug-likeness (QED) is 0.497. The van der Waals surface area contributed by atoms with Crippen LogP contribution in [0.2, 0.25) is 0 Å². The largest absolute Gasteiger partial charge is 0.453 e. The van der Waals surface area contributed by atoms with Crippen LogP contribution in [0.25, 0.3) is 0 Å². The number of ether oxygens (including phenoxy) is 1. The molecule has 0 spiro atoms. The minimum atomic E-state index is -1.38. The number of nitrogens with one attached hydrogen (secondary N) is 1. The number of amides is 1. The second kappa shape index (κ2) is 4.81. The Hall–Kier alpha value is -1.40. The highest BCUT2D eigenvalue weighted by Gasteiger charge is 2.79. The standard InChI is InChI=1S/C15H21NO5/c1-14-10(7-8-17)12(19)16-15(14,13(20)21-14)11(18)9-5-3-2-4-6-9/h3,5,9-11,17-18H,2,4,6-8H2,1H3,(H,16,19)/t9?,10-,11-,14-,15+/m0/s1. The molecule has 1 aliphatic carbocycles. The molecule has 3 rings (SSSR count). The Balaban J connectivity index is 1.94. The fourth-order valence-corrected chi connectivity index (χ4v) is 4.01. The molecule has 2 heterocycles. The van der Waals surface area contributed by atoms with Crippen molar-refractivity contribution in [1.82, 2.24) is 5.32 Å². The van der Waals surface area contributed by atoms with Gasteiger partial charge in [0.25, 0.3) is 0 Å². The van der Waals surface area contributed by atoms with Crippen molar-refractivity contribution in [2.24, 2.45) is 11.8 Å². The average molecular weight is 295 g/mol. The number of carbonyl (C=O) groups is 2. The van der Waals surface area contributed by atoms with Crippen LogP contribution in [0, 0.1) is 11.8 Å². The predicted octanol–water partition coefficient (Wildman–Crippen LogP) is -0.114. The number of allylic oxidation sites excluding steroid dienone is 1. The smallest absolute Gasteiger partial charge is 0.339 e. The second-order valence-corrected chi connectivity index (χ2v) is 6.33. The van der Waals surface area contributed by atoms with Crippen LogP contribution in [-0.2, 0) is 14.3 Å². The molecule has 0 radical (unpaired) electrons. The predicted molar refractivity (Wildman–Crippen MR) is 73.1 cm³/mol. The number of hydrogen-bond acceptors (Lipinski definition) is 5. The van der Waals surface area contributed by atoms with Crippen molar-refractivity contribution in [2.75, 3.05) is 6.61 Å². The maximum absolute atomic E-state index is 12.2. The van der Waals surface area contributed by atoms with Gasteiger partial charge in [-0.1, -0.05) is 12.2 Å². The first-order valence-electron chi connectivity index (χ1n) is 7.48. The normalized spacial score (nSPS) is 42.8. The van der Waals surface area contributed by atoms with Gasteiger partial charge in [0.15, 0.2) is 5.60 Å². The molecular formula is C15H21NO5. The zero-order valence-corrected chi connectivity index (χ0v) is 12.0. The molecule has 0 aromatic carbocycles. The summed E-state index contributed by atoms with van der Waals surface area (Å²) in [4.78, 5) is 24.3. The van der Waals surface area contributed by atoms with Crippen LogP contribution in [0.5, 0.6) is 0 Å². The first-order valence-corrected chi connectivity index (χ1v) is 7.48. The van der Waals surface area contributed by atoms with Gasteiger partial charge in [0, 0.05) is 12.5 Å². The van der Waals surface area contributed by atoms with Gasteiger partial charge in [-0.15, -0.1) is 0 Å². The fourth-order valence-electron chi connectivity index (χ4n) is 4.01. The van der Waals surface area contributed by atoms with E-state index in [0.29, 0.717) is 0 Å². The van der Waals surface area contributed by atoms with Crippen molar-refractivity contribution in [1.29, 1.82) is 0 Å². The molecule has 21 heavy (non-hydrogen) atoms. The molecule has 1 unspecified atom stereocenters. The summed E-state index contributed by atoms with van der Waals surface area (Å²) in [5, 5.41) is 22.6. The van der Waals surface area contributed by atoms with E-state index in [1.54, 1.807) is 6.92 Å². The SMILES string of the molecule is C[C@@]12OC(=O)[C@@]1([C@@H](O)C1C=CCCC1)NC(=O)[C@@H]2CCO. The van der Waals surface area contributed by atoms with E-state index in [0.717, 1.165) is 19.3 Å². The van der Waals surface area contributed by atoms with Crippen molar-refractivity contribution >= 4 is 11.9 Å². The lowest BCUT2D eigenvalue weighted by Gasteiger charge is -2.54. The Labute approximate surface area is 123 Å². The van der Waals surface area contributed by atoms with Gasteiger partial charge in [-0.2, -0.15) is 0 Å². The van der Waals surface area contributed by atoms with Gasteiger partial charge >= 0.3 is 5.97 Å². The summed E-state index contributed by atoms with van der Waals surface area (Å²) in [6, 6.07) is 0. The number of carbonyl (C=O) groups excluding carboxylic acids is 2. The van der Waals surface area contributed by atoms with Crippen molar-refractivity contribution in [3.63, 3.8) is 0 Å². The Morgan fingerprint density at radius 3 is 2.86 bits per heavy atom. The van der Waals surface area contributed by atoms with E-state index < -0.39 is 29.1 Å². The molecule has 2 saturated heterocycles. The van der Waals surface area contributed by atoms with E-state index in [1.165, 1.54) is 0 Å². The van der Waals surface area contributed by atoms with Crippen molar-refractivity contribution in [2.45, 2.75) is 49.9 Å². The molecule has 116 valence electrons. The molecule has 0 saturated carbocycles. The molecule has 2 aliphatic heterocycles. The minimum absolute atomic E-state index is 0.166. The van der Waals surface area contributed by atoms with Gasteiger partial charge in [0.1, 0.15) is 0 Å². The molecule has 3 N–H and O–H groups in total. The third-order valence-corrected chi connectivity index (χ3v) is 5.27. The average Bonchev–Trinajstić information content (AvgIpc) is 2.65. The first-order chi connectivity index (χ1) is 9.97. The maximum Gasteiger partial charge on any atom is 0.339 e. The lowest BCUT2D eigenvalue weighted by Crippen LogP contribution is -2.80. The Kier molecular flexibility index (Phi) is 3.33.